The van der Waals surface area contributed by atoms with E-state index in [0.29, 0.717) is 5.02 Å². The maximum atomic E-state index is 6.18. The van der Waals surface area contributed by atoms with Crippen LogP contribution in [0.3, 0.4) is 0 Å². The van der Waals surface area contributed by atoms with Gasteiger partial charge in [-0.3, -0.25) is 4.90 Å². The zero-order valence-electron chi connectivity index (χ0n) is 11.7. The first-order valence-electron chi connectivity index (χ1n) is 6.73. The van der Waals surface area contributed by atoms with Crippen LogP contribution in [0.1, 0.15) is 33.6 Å². The molecule has 0 amide bonds. The van der Waals surface area contributed by atoms with Crippen molar-refractivity contribution in [3.8, 4) is 5.75 Å². The lowest BCUT2D eigenvalue weighted by Gasteiger charge is -2.40. The van der Waals surface area contributed by atoms with Crippen molar-refractivity contribution in [2.45, 2.75) is 45.3 Å². The molecule has 1 aliphatic heterocycles. The van der Waals surface area contributed by atoms with Gasteiger partial charge in [0, 0.05) is 23.1 Å². The van der Waals surface area contributed by atoms with Gasteiger partial charge in [0.25, 0.3) is 0 Å². The number of piperidine rings is 1. The lowest BCUT2D eigenvalue weighted by Crippen LogP contribution is -2.48. The molecule has 1 fully saturated rings. The Morgan fingerprint density at radius 1 is 1.26 bits per heavy atom. The fraction of sp³-hybridized carbons (Fsp3) is 0.600. The molecule has 0 aliphatic carbocycles. The summed E-state index contributed by atoms with van der Waals surface area (Å²) in [7, 11) is 0. The van der Waals surface area contributed by atoms with Crippen LogP contribution >= 0.6 is 27.5 Å². The highest BCUT2D eigenvalue weighted by Crippen LogP contribution is 2.30. The number of hydrogen-bond donors (Lipinski definition) is 0. The summed E-state index contributed by atoms with van der Waals surface area (Å²) in [6.45, 7) is 8.96. The first-order valence-corrected chi connectivity index (χ1v) is 7.90. The number of halogens is 2. The predicted octanol–water partition coefficient (Wildman–Crippen LogP) is 4.74. The van der Waals surface area contributed by atoms with E-state index < -0.39 is 0 Å². The lowest BCUT2D eigenvalue weighted by molar-refractivity contribution is 0.0492. The van der Waals surface area contributed by atoms with E-state index in [4.69, 9.17) is 16.3 Å². The van der Waals surface area contributed by atoms with E-state index in [1.54, 1.807) is 0 Å². The van der Waals surface area contributed by atoms with Gasteiger partial charge in [-0.1, -0.05) is 27.5 Å². The van der Waals surface area contributed by atoms with Crippen LogP contribution in [0.2, 0.25) is 5.02 Å². The average Bonchev–Trinajstić information content (AvgIpc) is 2.32. The number of rotatable bonds is 2. The number of likely N-dealkylation sites (tertiary alicyclic amines) is 1. The Morgan fingerprint density at radius 3 is 2.42 bits per heavy atom. The molecular weight excluding hydrogens is 326 g/mol. The summed E-state index contributed by atoms with van der Waals surface area (Å²) in [5.74, 6) is 0.791. The zero-order valence-corrected chi connectivity index (χ0v) is 14.1. The number of ether oxygens (including phenoxy) is 1. The molecule has 0 atom stereocenters. The van der Waals surface area contributed by atoms with Gasteiger partial charge < -0.3 is 4.74 Å². The molecular formula is C15H21BrClNO. The summed E-state index contributed by atoms with van der Waals surface area (Å²) in [6.07, 6.45) is 2.39. The van der Waals surface area contributed by atoms with E-state index >= 15 is 0 Å². The molecule has 1 aromatic carbocycles. The highest BCUT2D eigenvalue weighted by atomic mass is 79.9. The Hall–Kier alpha value is -0.250. The van der Waals surface area contributed by atoms with Crippen molar-refractivity contribution in [1.29, 1.82) is 0 Å². The van der Waals surface area contributed by atoms with Gasteiger partial charge in [0.1, 0.15) is 11.9 Å². The molecule has 0 N–H and O–H groups in total. The summed E-state index contributed by atoms with van der Waals surface area (Å²) in [6, 6.07) is 5.77. The molecule has 1 saturated heterocycles. The quantitative estimate of drug-likeness (QED) is 0.766. The SMILES string of the molecule is CC(C)(C)N1CCC(Oc2ccc(Br)cc2Cl)CC1. The molecule has 19 heavy (non-hydrogen) atoms. The summed E-state index contributed by atoms with van der Waals surface area (Å²) in [5.41, 5.74) is 0.250. The van der Waals surface area contributed by atoms with Gasteiger partial charge in [0.2, 0.25) is 0 Å². The van der Waals surface area contributed by atoms with Crippen LogP contribution in [0, 0.1) is 0 Å². The van der Waals surface area contributed by atoms with E-state index in [-0.39, 0.29) is 11.6 Å². The monoisotopic (exact) mass is 345 g/mol. The first-order chi connectivity index (χ1) is 8.86. The van der Waals surface area contributed by atoms with Gasteiger partial charge >= 0.3 is 0 Å². The highest BCUT2D eigenvalue weighted by Gasteiger charge is 2.27. The van der Waals surface area contributed by atoms with Crippen molar-refractivity contribution in [1.82, 2.24) is 4.90 Å². The smallest absolute Gasteiger partial charge is 0.138 e. The lowest BCUT2D eigenvalue weighted by atomic mass is 9.99. The van der Waals surface area contributed by atoms with Gasteiger partial charge in [0.15, 0.2) is 0 Å². The Bertz CT molecular complexity index is 436. The number of nitrogens with zero attached hydrogens (tertiary/aromatic N) is 1. The molecule has 106 valence electrons. The minimum atomic E-state index is 0.250. The van der Waals surface area contributed by atoms with E-state index in [1.807, 2.05) is 18.2 Å². The second-order valence-corrected chi connectivity index (χ2v) is 7.37. The topological polar surface area (TPSA) is 12.5 Å². The van der Waals surface area contributed by atoms with Crippen LogP contribution in [0.15, 0.2) is 22.7 Å². The molecule has 0 bridgehead atoms. The molecule has 2 rings (SSSR count). The van der Waals surface area contributed by atoms with Crippen molar-refractivity contribution < 1.29 is 4.74 Å². The van der Waals surface area contributed by atoms with Gasteiger partial charge in [-0.25, -0.2) is 0 Å². The minimum Gasteiger partial charge on any atom is -0.489 e. The predicted molar refractivity (Wildman–Crippen MR) is 84.1 cm³/mol. The molecule has 0 spiro atoms. The van der Waals surface area contributed by atoms with E-state index in [2.05, 4.69) is 41.6 Å². The van der Waals surface area contributed by atoms with Crippen molar-refractivity contribution in [3.05, 3.63) is 27.7 Å². The molecule has 1 aliphatic rings. The van der Waals surface area contributed by atoms with E-state index in [1.165, 1.54) is 0 Å². The zero-order chi connectivity index (χ0) is 14.0. The maximum Gasteiger partial charge on any atom is 0.138 e. The largest absolute Gasteiger partial charge is 0.489 e. The molecule has 0 unspecified atom stereocenters. The normalized spacial score (nSPS) is 18.6. The van der Waals surface area contributed by atoms with E-state index in [9.17, 15) is 0 Å². The van der Waals surface area contributed by atoms with Crippen molar-refractivity contribution in [2.24, 2.45) is 0 Å². The van der Waals surface area contributed by atoms with Crippen molar-refractivity contribution >= 4 is 27.5 Å². The fourth-order valence-corrected chi connectivity index (χ4v) is 3.11. The third-order valence-corrected chi connectivity index (χ3v) is 4.37. The van der Waals surface area contributed by atoms with Crippen LogP contribution < -0.4 is 4.74 Å². The Kier molecular flexibility index (Phi) is 4.80. The molecule has 0 aromatic heterocycles. The van der Waals surface area contributed by atoms with Crippen LogP contribution in [-0.4, -0.2) is 29.6 Å². The molecule has 4 heteroatoms. The summed E-state index contributed by atoms with van der Waals surface area (Å²) >= 11 is 9.59. The van der Waals surface area contributed by atoms with E-state index in [0.717, 1.165) is 36.2 Å². The fourth-order valence-electron chi connectivity index (χ4n) is 2.39. The molecule has 1 heterocycles. The molecule has 0 saturated carbocycles. The third-order valence-electron chi connectivity index (χ3n) is 3.58. The van der Waals surface area contributed by atoms with Crippen molar-refractivity contribution in [2.75, 3.05) is 13.1 Å². The van der Waals surface area contributed by atoms with Gasteiger partial charge in [-0.05, 0) is 51.8 Å². The standard InChI is InChI=1S/C15H21BrClNO/c1-15(2,3)18-8-6-12(7-9-18)19-14-5-4-11(16)10-13(14)17/h4-5,10,12H,6-9H2,1-3H3. The Balaban J connectivity index is 1.92. The molecule has 0 radical (unpaired) electrons. The van der Waals surface area contributed by atoms with Gasteiger partial charge in [-0.2, -0.15) is 0 Å². The summed E-state index contributed by atoms with van der Waals surface area (Å²) < 4.78 is 7.00. The number of hydrogen-bond acceptors (Lipinski definition) is 2. The second-order valence-electron chi connectivity index (χ2n) is 6.05. The summed E-state index contributed by atoms with van der Waals surface area (Å²) in [4.78, 5) is 2.51. The first kappa shape index (κ1) is 15.1. The van der Waals surface area contributed by atoms with Crippen LogP contribution in [0.25, 0.3) is 0 Å². The van der Waals surface area contributed by atoms with Crippen molar-refractivity contribution in [3.63, 3.8) is 0 Å². The molecule has 1 aromatic rings. The Morgan fingerprint density at radius 2 is 1.89 bits per heavy atom. The van der Waals surface area contributed by atoms with Crippen LogP contribution in [-0.2, 0) is 0 Å². The van der Waals surface area contributed by atoms with Gasteiger partial charge in [0.05, 0.1) is 5.02 Å². The van der Waals surface area contributed by atoms with Gasteiger partial charge in [-0.15, -0.1) is 0 Å². The maximum absolute atomic E-state index is 6.18. The third kappa shape index (κ3) is 4.11. The second kappa shape index (κ2) is 6.02. The highest BCUT2D eigenvalue weighted by molar-refractivity contribution is 9.10. The molecule has 2 nitrogen and oxygen atoms in total. The Labute approximate surface area is 129 Å². The summed E-state index contributed by atoms with van der Waals surface area (Å²) in [5, 5.41) is 0.674. The van der Waals surface area contributed by atoms with Crippen LogP contribution in [0.5, 0.6) is 5.75 Å². The average molecular weight is 347 g/mol. The van der Waals surface area contributed by atoms with Crippen LogP contribution in [0.4, 0.5) is 0 Å². The number of benzene rings is 1. The minimum absolute atomic E-state index is 0.250.